The van der Waals surface area contributed by atoms with Crippen LogP contribution in [0.1, 0.15) is 32.1 Å². The Bertz CT molecular complexity index is 54.4. The first-order chi connectivity index (χ1) is 3.50. The first-order valence-corrected chi connectivity index (χ1v) is 3.05. The molecule has 0 radical (unpaired) electrons. The maximum Gasteiger partial charge on any atom is 0.218 e. The predicted molar refractivity (Wildman–Crippen MR) is 30.9 cm³/mol. The van der Waals surface area contributed by atoms with E-state index in [9.17, 15) is 0 Å². The Morgan fingerprint density at radius 1 is 1.14 bits per heavy atom. The molecule has 0 aromatic rings. The van der Waals surface area contributed by atoms with Gasteiger partial charge in [0.05, 0.1) is 0 Å². The zero-order valence-electron chi connectivity index (χ0n) is 4.61. The first kappa shape index (κ1) is 4.80. The van der Waals surface area contributed by atoms with Crippen molar-refractivity contribution >= 4 is 0 Å². The Balaban J connectivity index is 2.20. The molecule has 0 aliphatic heterocycles. The van der Waals surface area contributed by atoms with Crippen LogP contribution in [0.2, 0.25) is 0 Å². The van der Waals surface area contributed by atoms with Crippen LogP contribution in [0.25, 0.3) is 0 Å². The Hall–Kier alpha value is -0.350. The molecule has 1 aliphatic rings. The van der Waals surface area contributed by atoms with Crippen LogP contribution >= 0.6 is 0 Å². The monoisotopic (exact) mass is 95.1 g/mol. The molecular weight excluding hydrogens is 84.1 g/mol. The van der Waals surface area contributed by atoms with E-state index >= 15 is 0 Å². The third kappa shape index (κ3) is 1.70. The van der Waals surface area contributed by atoms with Crippen LogP contribution in [0.5, 0.6) is 0 Å². The Kier molecular flexibility index (Phi) is 1.89. The van der Waals surface area contributed by atoms with Gasteiger partial charge in [-0.1, -0.05) is 0 Å². The molecule has 0 bridgehead atoms. The highest BCUT2D eigenvalue weighted by atomic mass is 13.9. The van der Waals surface area contributed by atoms with E-state index in [0.29, 0.717) is 0 Å². The lowest BCUT2D eigenvalue weighted by atomic mass is 10.2. The van der Waals surface area contributed by atoms with Gasteiger partial charge in [-0.15, -0.1) is 0 Å². The lowest BCUT2D eigenvalue weighted by molar-refractivity contribution is 0.715. The van der Waals surface area contributed by atoms with Crippen molar-refractivity contribution in [2.45, 2.75) is 32.1 Å². The molecule has 0 N–H and O–H groups in total. The smallest absolute Gasteiger partial charge is 0.0482 e. The summed E-state index contributed by atoms with van der Waals surface area (Å²) < 4.78 is 0. The van der Waals surface area contributed by atoms with Gasteiger partial charge in [-0.05, 0) is 19.3 Å². The van der Waals surface area contributed by atoms with Crippen LogP contribution in [0.4, 0.5) is 0 Å². The summed E-state index contributed by atoms with van der Waals surface area (Å²) in [6.45, 7) is 0. The quantitative estimate of drug-likeness (QED) is 0.405. The summed E-state index contributed by atoms with van der Waals surface area (Å²) in [4.78, 5) is 0. The summed E-state index contributed by atoms with van der Waals surface area (Å²) in [5, 5.41) is 0. The highest BCUT2D eigenvalue weighted by Crippen LogP contribution is 2.08. The van der Waals surface area contributed by atoms with Crippen molar-refractivity contribution in [1.29, 1.82) is 0 Å². The fourth-order valence-electron chi connectivity index (χ4n) is 0.854. The van der Waals surface area contributed by atoms with Crippen LogP contribution in [0.3, 0.4) is 0 Å². The molecule has 0 fully saturated rings. The van der Waals surface area contributed by atoms with E-state index in [2.05, 4.69) is 12.2 Å². The Morgan fingerprint density at radius 3 is 3.14 bits per heavy atom. The molecule has 0 nitrogen and oxygen atoms in total. The van der Waals surface area contributed by atoms with Crippen molar-refractivity contribution in [3.05, 3.63) is 12.2 Å². The highest BCUT2D eigenvalue weighted by molar-refractivity contribution is 4.76. The molecular formula is C7H11+. The van der Waals surface area contributed by atoms with E-state index < -0.39 is 0 Å². The lowest BCUT2D eigenvalue weighted by Gasteiger charge is -1.81. The van der Waals surface area contributed by atoms with E-state index in [-0.39, 0.29) is 0 Å². The summed E-state index contributed by atoms with van der Waals surface area (Å²) in [7, 11) is 0. The van der Waals surface area contributed by atoms with E-state index in [1.807, 2.05) is 0 Å². The molecule has 0 unspecified atom stereocenters. The lowest BCUT2D eigenvalue weighted by Crippen LogP contribution is -1.67. The number of hydrogen-bond acceptors (Lipinski definition) is 0. The molecule has 38 valence electrons. The molecule has 0 aromatic heterocycles. The number of allylic oxidation sites excluding steroid dienone is 2. The van der Waals surface area contributed by atoms with E-state index in [4.69, 9.17) is 0 Å². The zero-order chi connectivity index (χ0) is 4.95. The van der Waals surface area contributed by atoms with E-state index in [1.54, 1.807) is 0 Å². The van der Waals surface area contributed by atoms with Gasteiger partial charge in [-0.3, -0.25) is 0 Å². The maximum atomic E-state index is 3.22. The Labute approximate surface area is 45.2 Å². The summed E-state index contributed by atoms with van der Waals surface area (Å²) in [5.41, 5.74) is 0. The van der Waals surface area contributed by atoms with Crippen molar-refractivity contribution in [3.63, 3.8) is 0 Å². The van der Waals surface area contributed by atoms with Gasteiger partial charge in [0.25, 0.3) is 0 Å². The van der Waals surface area contributed by atoms with Gasteiger partial charge >= 0.3 is 0 Å². The maximum absolute atomic E-state index is 3.22. The second-order valence-electron chi connectivity index (χ2n) is 2.01. The summed E-state index contributed by atoms with van der Waals surface area (Å²) in [5.74, 6) is 0. The van der Waals surface area contributed by atoms with Gasteiger partial charge in [0, 0.05) is 6.42 Å². The third-order valence-electron chi connectivity index (χ3n) is 1.31. The molecule has 1 aliphatic carbocycles. The molecule has 0 atom stereocenters. The SMILES string of the molecule is [C+]1=CCCCCC1. The van der Waals surface area contributed by atoms with Crippen LogP contribution in [0, 0.1) is 6.08 Å². The minimum atomic E-state index is 1.19. The van der Waals surface area contributed by atoms with Crippen LogP contribution in [0.15, 0.2) is 6.08 Å². The van der Waals surface area contributed by atoms with E-state index in [1.165, 1.54) is 32.1 Å². The first-order valence-electron chi connectivity index (χ1n) is 3.05. The minimum Gasteiger partial charge on any atom is -0.0482 e. The molecule has 0 heterocycles. The second kappa shape index (κ2) is 2.76. The topological polar surface area (TPSA) is 0 Å². The fraction of sp³-hybridized carbons (Fsp3) is 0.714. The van der Waals surface area contributed by atoms with E-state index in [0.717, 1.165) is 0 Å². The summed E-state index contributed by atoms with van der Waals surface area (Å²) >= 11 is 0. The van der Waals surface area contributed by atoms with Crippen molar-refractivity contribution in [2.24, 2.45) is 0 Å². The van der Waals surface area contributed by atoms with Gasteiger partial charge in [-0.25, -0.2) is 0 Å². The summed E-state index contributed by atoms with van der Waals surface area (Å²) in [6.07, 6.45) is 12.0. The molecule has 1 rings (SSSR count). The molecule has 0 saturated heterocycles. The Morgan fingerprint density at radius 2 is 2.14 bits per heavy atom. The average Bonchev–Trinajstić information content (AvgIpc) is 1.90. The van der Waals surface area contributed by atoms with Gasteiger partial charge < -0.3 is 0 Å². The van der Waals surface area contributed by atoms with Crippen molar-refractivity contribution in [1.82, 2.24) is 0 Å². The number of rotatable bonds is 0. The molecule has 0 heteroatoms. The summed E-state index contributed by atoms with van der Waals surface area (Å²) in [6, 6.07) is 0. The highest BCUT2D eigenvalue weighted by Gasteiger charge is 1.99. The average molecular weight is 95.2 g/mol. The third-order valence-corrected chi connectivity index (χ3v) is 1.31. The van der Waals surface area contributed by atoms with Crippen molar-refractivity contribution in [3.8, 4) is 0 Å². The van der Waals surface area contributed by atoms with Gasteiger partial charge in [-0.2, -0.15) is 0 Å². The molecule has 0 aromatic carbocycles. The molecule has 0 amide bonds. The predicted octanol–water partition coefficient (Wildman–Crippen LogP) is 2.31. The van der Waals surface area contributed by atoms with Crippen LogP contribution in [-0.4, -0.2) is 0 Å². The number of hydrogen-bond donors (Lipinski definition) is 0. The van der Waals surface area contributed by atoms with Crippen molar-refractivity contribution < 1.29 is 0 Å². The molecule has 0 spiro atoms. The van der Waals surface area contributed by atoms with Crippen molar-refractivity contribution in [2.75, 3.05) is 0 Å². The van der Waals surface area contributed by atoms with Crippen LogP contribution < -0.4 is 0 Å². The fourth-order valence-corrected chi connectivity index (χ4v) is 0.854. The second-order valence-corrected chi connectivity index (χ2v) is 2.01. The van der Waals surface area contributed by atoms with Crippen LogP contribution in [-0.2, 0) is 0 Å². The minimum absolute atomic E-state index is 1.19. The van der Waals surface area contributed by atoms with Gasteiger partial charge in [0.1, 0.15) is 0 Å². The largest absolute Gasteiger partial charge is 0.218 e. The molecule has 0 saturated carbocycles. The van der Waals surface area contributed by atoms with Gasteiger partial charge in [0.2, 0.25) is 6.08 Å². The zero-order valence-corrected chi connectivity index (χ0v) is 4.61. The standard InChI is InChI=1S/C7H11/c1-2-4-6-7-5-3-1/h1H,2,4-7H2/q+1. The molecule has 7 heavy (non-hydrogen) atoms. The normalized spacial score (nSPS) is 20.6. The van der Waals surface area contributed by atoms with Gasteiger partial charge in [0.15, 0.2) is 12.5 Å².